The average Bonchev–Trinajstić information content (AvgIpc) is 2.95. The molecule has 28 heavy (non-hydrogen) atoms. The molecule has 0 bridgehead atoms. The molecular formula is C21H19N3O3S. The number of aryl methyl sites for hydroxylation is 3. The number of carbonyl (C=O) groups is 1. The van der Waals surface area contributed by atoms with Crippen molar-refractivity contribution in [2.75, 3.05) is 0 Å². The number of non-ortho nitro benzene ring substituents is 1. The fraction of sp³-hybridized carbons (Fsp3) is 0.238. The van der Waals surface area contributed by atoms with Crippen molar-refractivity contribution in [2.45, 2.75) is 33.7 Å². The zero-order valence-corrected chi connectivity index (χ0v) is 16.7. The number of rotatable bonds is 4. The minimum atomic E-state index is -0.449. The Morgan fingerprint density at radius 1 is 1.25 bits per heavy atom. The van der Waals surface area contributed by atoms with Crippen LogP contribution in [-0.2, 0) is 17.8 Å². The van der Waals surface area contributed by atoms with Crippen molar-refractivity contribution in [2.24, 2.45) is 4.99 Å². The highest BCUT2D eigenvalue weighted by Crippen LogP contribution is 2.23. The van der Waals surface area contributed by atoms with E-state index < -0.39 is 4.92 Å². The largest absolute Gasteiger partial charge is 0.305 e. The first-order chi connectivity index (χ1) is 13.3. The van der Waals surface area contributed by atoms with Gasteiger partial charge in [-0.15, -0.1) is 6.42 Å². The van der Waals surface area contributed by atoms with Gasteiger partial charge in [0.25, 0.3) is 11.6 Å². The van der Waals surface area contributed by atoms with E-state index in [0.717, 1.165) is 27.8 Å². The molecule has 1 amide bonds. The van der Waals surface area contributed by atoms with Crippen molar-refractivity contribution >= 4 is 33.1 Å². The number of nitro groups is 1. The molecule has 1 aromatic heterocycles. The molecule has 0 unspecified atom stereocenters. The number of nitro benzene ring substituents is 1. The Kier molecular flexibility index (Phi) is 5.43. The maximum Gasteiger partial charge on any atom is 0.270 e. The van der Waals surface area contributed by atoms with Crippen LogP contribution in [0.2, 0.25) is 0 Å². The van der Waals surface area contributed by atoms with Crippen molar-refractivity contribution in [1.82, 2.24) is 4.57 Å². The van der Waals surface area contributed by atoms with Crippen LogP contribution in [-0.4, -0.2) is 15.4 Å². The molecule has 0 aliphatic rings. The highest BCUT2D eigenvalue weighted by Gasteiger charge is 2.13. The lowest BCUT2D eigenvalue weighted by molar-refractivity contribution is -0.384. The third-order valence-corrected chi connectivity index (χ3v) is 5.56. The van der Waals surface area contributed by atoms with E-state index in [-0.39, 0.29) is 24.6 Å². The van der Waals surface area contributed by atoms with E-state index in [1.165, 1.54) is 23.5 Å². The predicted molar refractivity (Wildman–Crippen MR) is 110 cm³/mol. The maximum absolute atomic E-state index is 12.6. The Labute approximate surface area is 166 Å². The minimum Gasteiger partial charge on any atom is -0.305 e. The maximum atomic E-state index is 12.6. The van der Waals surface area contributed by atoms with Crippen LogP contribution in [0.25, 0.3) is 10.2 Å². The number of terminal acetylenes is 1. The molecule has 0 saturated carbocycles. The van der Waals surface area contributed by atoms with Crippen molar-refractivity contribution in [3.8, 4) is 12.3 Å². The average molecular weight is 393 g/mol. The van der Waals surface area contributed by atoms with Crippen LogP contribution < -0.4 is 4.80 Å². The summed E-state index contributed by atoms with van der Waals surface area (Å²) in [4.78, 5) is 27.9. The van der Waals surface area contributed by atoms with E-state index in [1.807, 2.05) is 32.9 Å². The molecule has 0 radical (unpaired) electrons. The number of carbonyl (C=O) groups excluding carboxylic acids is 1. The Balaban J connectivity index is 2.05. The van der Waals surface area contributed by atoms with Gasteiger partial charge in [0.1, 0.15) is 0 Å². The molecule has 7 heteroatoms. The lowest BCUT2D eigenvalue weighted by atomic mass is 9.97. The van der Waals surface area contributed by atoms with Crippen LogP contribution in [0.15, 0.2) is 35.3 Å². The summed E-state index contributed by atoms with van der Waals surface area (Å²) in [5.74, 6) is 2.28. The van der Waals surface area contributed by atoms with Gasteiger partial charge in [-0.1, -0.05) is 35.0 Å². The number of fused-ring (bicyclic) bond motifs is 1. The fourth-order valence-corrected chi connectivity index (χ4v) is 4.37. The molecule has 3 aromatic rings. The van der Waals surface area contributed by atoms with Crippen LogP contribution in [0.1, 0.15) is 22.3 Å². The first-order valence-corrected chi connectivity index (χ1v) is 9.47. The third kappa shape index (κ3) is 3.87. The van der Waals surface area contributed by atoms with Crippen LogP contribution in [0.3, 0.4) is 0 Å². The van der Waals surface area contributed by atoms with Crippen molar-refractivity contribution in [3.05, 3.63) is 67.5 Å². The van der Waals surface area contributed by atoms with Gasteiger partial charge in [0.15, 0.2) is 4.80 Å². The van der Waals surface area contributed by atoms with Gasteiger partial charge in [-0.2, -0.15) is 4.99 Å². The van der Waals surface area contributed by atoms with E-state index in [4.69, 9.17) is 6.42 Å². The first kappa shape index (κ1) is 19.5. The van der Waals surface area contributed by atoms with E-state index >= 15 is 0 Å². The number of nitrogens with zero attached hydrogens (tertiary/aromatic N) is 3. The molecule has 0 aliphatic heterocycles. The van der Waals surface area contributed by atoms with Crippen molar-refractivity contribution in [1.29, 1.82) is 0 Å². The Morgan fingerprint density at radius 3 is 2.54 bits per heavy atom. The van der Waals surface area contributed by atoms with Crippen molar-refractivity contribution < 1.29 is 9.72 Å². The highest BCUT2D eigenvalue weighted by molar-refractivity contribution is 7.16. The zero-order chi connectivity index (χ0) is 20.4. The molecule has 0 aliphatic carbocycles. The summed E-state index contributed by atoms with van der Waals surface area (Å²) in [6.45, 7) is 6.22. The third-order valence-electron chi connectivity index (χ3n) is 4.52. The molecule has 1 heterocycles. The van der Waals surface area contributed by atoms with E-state index in [1.54, 1.807) is 10.6 Å². The summed E-state index contributed by atoms with van der Waals surface area (Å²) < 4.78 is 2.40. The van der Waals surface area contributed by atoms with E-state index in [9.17, 15) is 14.9 Å². The first-order valence-electron chi connectivity index (χ1n) is 8.65. The summed E-state index contributed by atoms with van der Waals surface area (Å²) >= 11 is 1.22. The fourth-order valence-electron chi connectivity index (χ4n) is 3.29. The number of hydrogen-bond donors (Lipinski definition) is 0. The Hall–Kier alpha value is -3.24. The van der Waals surface area contributed by atoms with E-state index in [2.05, 4.69) is 10.9 Å². The quantitative estimate of drug-likeness (QED) is 0.384. The van der Waals surface area contributed by atoms with Gasteiger partial charge in [0, 0.05) is 12.1 Å². The summed E-state index contributed by atoms with van der Waals surface area (Å²) in [5, 5.41) is 11.0. The monoisotopic (exact) mass is 393 g/mol. The molecule has 0 spiro atoms. The van der Waals surface area contributed by atoms with Crippen molar-refractivity contribution in [3.63, 3.8) is 0 Å². The second-order valence-corrected chi connectivity index (χ2v) is 7.65. The number of hydrogen-bond acceptors (Lipinski definition) is 4. The molecule has 0 fully saturated rings. The van der Waals surface area contributed by atoms with Gasteiger partial charge in [0.2, 0.25) is 0 Å². The lowest BCUT2D eigenvalue weighted by Gasteiger charge is -2.09. The van der Waals surface area contributed by atoms with Gasteiger partial charge in [-0.25, -0.2) is 0 Å². The normalized spacial score (nSPS) is 11.6. The molecule has 0 atom stereocenters. The van der Waals surface area contributed by atoms with Gasteiger partial charge >= 0.3 is 0 Å². The standard InChI is InChI=1S/C21H19N3O3S/c1-5-8-23-18-7-6-16(24(26)27)11-19(18)28-21(23)22-20(25)12-17-14(3)9-13(2)10-15(17)4/h1,6-7,9-11H,8,12H2,2-4H3. The minimum absolute atomic E-state index is 0.00890. The number of benzene rings is 2. The van der Waals surface area contributed by atoms with Gasteiger partial charge < -0.3 is 4.57 Å². The van der Waals surface area contributed by atoms with Gasteiger partial charge in [-0.3, -0.25) is 14.9 Å². The molecule has 0 N–H and O–H groups in total. The van der Waals surface area contributed by atoms with Crippen LogP contribution in [0.4, 0.5) is 5.69 Å². The molecule has 3 rings (SSSR count). The second kappa shape index (κ2) is 7.79. The zero-order valence-electron chi connectivity index (χ0n) is 15.9. The molecule has 6 nitrogen and oxygen atoms in total. The summed E-state index contributed by atoms with van der Waals surface area (Å²) in [5.41, 5.74) is 4.96. The Bertz CT molecular complexity index is 1190. The topological polar surface area (TPSA) is 77.5 Å². The molecule has 2 aromatic carbocycles. The van der Waals surface area contributed by atoms with Gasteiger partial charge in [-0.05, 0) is 43.5 Å². The lowest BCUT2D eigenvalue weighted by Crippen LogP contribution is -2.17. The SMILES string of the molecule is C#CCn1c(=NC(=O)Cc2c(C)cc(C)cc2C)sc2cc([N+](=O)[O-])ccc21. The van der Waals surface area contributed by atoms with E-state index in [0.29, 0.717) is 9.50 Å². The Morgan fingerprint density at radius 2 is 1.93 bits per heavy atom. The summed E-state index contributed by atoms with van der Waals surface area (Å²) in [6.07, 6.45) is 5.66. The molecule has 0 saturated heterocycles. The summed E-state index contributed by atoms with van der Waals surface area (Å²) in [7, 11) is 0. The summed E-state index contributed by atoms with van der Waals surface area (Å²) in [6, 6.07) is 8.63. The highest BCUT2D eigenvalue weighted by atomic mass is 32.1. The van der Waals surface area contributed by atoms with Crippen LogP contribution in [0, 0.1) is 43.2 Å². The van der Waals surface area contributed by atoms with Crippen LogP contribution in [0.5, 0.6) is 0 Å². The smallest absolute Gasteiger partial charge is 0.270 e. The molecule has 142 valence electrons. The number of aromatic nitrogens is 1. The predicted octanol–water partition coefficient (Wildman–Crippen LogP) is 3.84. The number of amides is 1. The van der Waals surface area contributed by atoms with Crippen LogP contribution >= 0.6 is 11.3 Å². The molecular weight excluding hydrogens is 374 g/mol. The van der Waals surface area contributed by atoms with Gasteiger partial charge in [0.05, 0.1) is 28.1 Å². The number of thiazole rings is 1. The second-order valence-electron chi connectivity index (χ2n) is 6.64.